The van der Waals surface area contributed by atoms with E-state index in [4.69, 9.17) is 4.74 Å². The highest BCUT2D eigenvalue weighted by Crippen LogP contribution is 2.34. The van der Waals surface area contributed by atoms with Crippen LogP contribution in [0.4, 0.5) is 18.9 Å². The molecule has 0 bridgehead atoms. The molecule has 0 spiro atoms. The lowest BCUT2D eigenvalue weighted by Crippen LogP contribution is -2.13. The fraction of sp³-hybridized carbons (Fsp3) is 0.118. The summed E-state index contributed by atoms with van der Waals surface area (Å²) in [5.41, 5.74) is 0.392. The fourth-order valence-corrected chi connectivity index (χ4v) is 3.56. The summed E-state index contributed by atoms with van der Waals surface area (Å²) >= 11 is 1.09. The average molecular weight is 351 g/mol. The van der Waals surface area contributed by atoms with Crippen molar-refractivity contribution in [3.63, 3.8) is 0 Å². The van der Waals surface area contributed by atoms with Gasteiger partial charge in [-0.05, 0) is 24.3 Å². The van der Waals surface area contributed by atoms with Gasteiger partial charge in [-0.2, -0.15) is 0 Å². The van der Waals surface area contributed by atoms with Crippen LogP contribution in [-0.2, 0) is 11.3 Å². The number of methoxy groups -OCH3 is 1. The molecule has 1 aromatic heterocycles. The second-order valence-electron chi connectivity index (χ2n) is 5.07. The number of hydrogen-bond acceptors (Lipinski definition) is 3. The number of nitrogens with one attached hydrogen (secondary N) is 1. The van der Waals surface area contributed by atoms with Crippen LogP contribution in [-0.4, -0.2) is 13.0 Å². The van der Waals surface area contributed by atoms with E-state index in [1.807, 2.05) is 0 Å². The Morgan fingerprint density at radius 3 is 2.54 bits per heavy atom. The minimum atomic E-state index is -0.801. The van der Waals surface area contributed by atoms with Gasteiger partial charge in [-0.25, -0.2) is 13.2 Å². The molecule has 3 rings (SSSR count). The van der Waals surface area contributed by atoms with Crippen molar-refractivity contribution in [2.45, 2.75) is 6.61 Å². The number of carbonyl (C=O) groups excluding carboxylic acids is 1. The van der Waals surface area contributed by atoms with E-state index < -0.39 is 23.4 Å². The Morgan fingerprint density at radius 1 is 1.17 bits per heavy atom. The predicted molar refractivity (Wildman–Crippen MR) is 86.8 cm³/mol. The van der Waals surface area contributed by atoms with Crippen molar-refractivity contribution in [3.8, 4) is 0 Å². The molecule has 1 amide bonds. The van der Waals surface area contributed by atoms with Gasteiger partial charge in [0.25, 0.3) is 5.91 Å². The first kappa shape index (κ1) is 16.5. The van der Waals surface area contributed by atoms with Gasteiger partial charge in [-0.15, -0.1) is 11.3 Å². The molecule has 0 aliphatic rings. The summed E-state index contributed by atoms with van der Waals surface area (Å²) in [6, 6.07) is 7.27. The molecule has 124 valence electrons. The van der Waals surface area contributed by atoms with Crippen molar-refractivity contribution in [1.29, 1.82) is 0 Å². The highest BCUT2D eigenvalue weighted by Gasteiger charge is 2.21. The Kier molecular flexibility index (Phi) is 4.55. The smallest absolute Gasteiger partial charge is 0.266 e. The van der Waals surface area contributed by atoms with E-state index in [0.717, 1.165) is 23.5 Å². The highest BCUT2D eigenvalue weighted by atomic mass is 32.1. The van der Waals surface area contributed by atoms with Gasteiger partial charge in [0.2, 0.25) is 0 Å². The average Bonchev–Trinajstić information content (AvgIpc) is 2.87. The molecule has 0 radical (unpaired) electrons. The Balaban J connectivity index is 2.03. The molecule has 1 heterocycles. The number of rotatable bonds is 4. The number of ether oxygens (including phenoxy) is 1. The second-order valence-corrected chi connectivity index (χ2v) is 6.12. The highest BCUT2D eigenvalue weighted by molar-refractivity contribution is 7.21. The third-order valence-electron chi connectivity index (χ3n) is 3.38. The number of halogens is 3. The van der Waals surface area contributed by atoms with Crippen LogP contribution in [0.2, 0.25) is 0 Å². The van der Waals surface area contributed by atoms with Crippen molar-refractivity contribution in [3.05, 3.63) is 64.3 Å². The monoisotopic (exact) mass is 351 g/mol. The van der Waals surface area contributed by atoms with Crippen molar-refractivity contribution in [2.24, 2.45) is 0 Å². The van der Waals surface area contributed by atoms with E-state index in [-0.39, 0.29) is 17.2 Å². The molecule has 1 N–H and O–H groups in total. The normalized spacial score (nSPS) is 11.0. The number of hydrogen-bond donors (Lipinski definition) is 1. The number of thiophene rings is 1. The van der Waals surface area contributed by atoms with E-state index >= 15 is 0 Å². The largest absolute Gasteiger partial charge is 0.380 e. The lowest BCUT2D eigenvalue weighted by Gasteiger charge is -2.07. The molecule has 3 aromatic rings. The van der Waals surface area contributed by atoms with Crippen molar-refractivity contribution >= 4 is 33.0 Å². The van der Waals surface area contributed by atoms with Gasteiger partial charge in [0.15, 0.2) is 0 Å². The molecule has 0 aliphatic carbocycles. The number of benzene rings is 2. The standard InChI is InChI=1S/C17H12F3NO2S/c1-23-8-12-15-13(20)3-2-4-14(15)24-16(12)17(22)21-11-6-9(18)5-10(19)7-11/h2-7H,8H2,1H3,(H,21,22). The van der Waals surface area contributed by atoms with Crippen LogP contribution in [0.5, 0.6) is 0 Å². The first-order chi connectivity index (χ1) is 11.5. The van der Waals surface area contributed by atoms with Gasteiger partial charge in [0.1, 0.15) is 17.5 Å². The minimum absolute atomic E-state index is 0.0150. The summed E-state index contributed by atoms with van der Waals surface area (Å²) in [5, 5.41) is 2.75. The lowest BCUT2D eigenvalue weighted by molar-refractivity contribution is 0.102. The molecule has 2 aromatic carbocycles. The molecule has 7 heteroatoms. The topological polar surface area (TPSA) is 38.3 Å². The SMILES string of the molecule is COCc1c(C(=O)Nc2cc(F)cc(F)c2)sc2cccc(F)c12. The Bertz CT molecular complexity index is 903. The van der Waals surface area contributed by atoms with Gasteiger partial charge < -0.3 is 10.1 Å². The van der Waals surface area contributed by atoms with E-state index in [1.165, 1.54) is 13.2 Å². The maximum atomic E-state index is 14.1. The minimum Gasteiger partial charge on any atom is -0.380 e. The summed E-state index contributed by atoms with van der Waals surface area (Å²) in [6.07, 6.45) is 0. The number of anilines is 1. The first-order valence-corrected chi connectivity index (χ1v) is 7.77. The molecular weight excluding hydrogens is 339 g/mol. The van der Waals surface area contributed by atoms with E-state index in [1.54, 1.807) is 12.1 Å². The summed E-state index contributed by atoms with van der Waals surface area (Å²) in [4.78, 5) is 12.7. The van der Waals surface area contributed by atoms with Crippen LogP contribution in [0, 0.1) is 17.5 Å². The van der Waals surface area contributed by atoms with Gasteiger partial charge in [-0.3, -0.25) is 4.79 Å². The number of fused-ring (bicyclic) bond motifs is 1. The number of carbonyl (C=O) groups is 1. The fourth-order valence-electron chi connectivity index (χ4n) is 2.45. The Morgan fingerprint density at radius 2 is 1.88 bits per heavy atom. The quantitative estimate of drug-likeness (QED) is 0.739. The van der Waals surface area contributed by atoms with Crippen LogP contribution in [0.3, 0.4) is 0 Å². The Labute approximate surface area is 139 Å². The molecule has 0 aliphatic heterocycles. The molecule has 0 saturated carbocycles. The van der Waals surface area contributed by atoms with Crippen LogP contribution in [0.15, 0.2) is 36.4 Å². The van der Waals surface area contributed by atoms with Gasteiger partial charge in [-0.1, -0.05) is 6.07 Å². The molecule has 0 unspecified atom stereocenters. The van der Waals surface area contributed by atoms with Crippen LogP contribution < -0.4 is 5.32 Å². The summed E-state index contributed by atoms with van der Waals surface area (Å²) < 4.78 is 46.2. The van der Waals surface area contributed by atoms with E-state index in [2.05, 4.69) is 5.32 Å². The summed E-state index contributed by atoms with van der Waals surface area (Å²) in [7, 11) is 1.44. The first-order valence-electron chi connectivity index (χ1n) is 6.96. The second kappa shape index (κ2) is 6.62. The zero-order valence-corrected chi connectivity index (χ0v) is 13.3. The third-order valence-corrected chi connectivity index (χ3v) is 4.57. The molecule has 0 saturated heterocycles. The zero-order chi connectivity index (χ0) is 17.3. The van der Waals surface area contributed by atoms with Crippen molar-refractivity contribution in [1.82, 2.24) is 0 Å². The number of amides is 1. The molecule has 0 fully saturated rings. The van der Waals surface area contributed by atoms with E-state index in [0.29, 0.717) is 21.7 Å². The predicted octanol–water partition coefficient (Wildman–Crippen LogP) is 4.72. The summed E-state index contributed by atoms with van der Waals surface area (Å²) in [5.74, 6) is -2.63. The van der Waals surface area contributed by atoms with Crippen molar-refractivity contribution < 1.29 is 22.7 Å². The third kappa shape index (κ3) is 3.13. The lowest BCUT2D eigenvalue weighted by atomic mass is 10.1. The van der Waals surface area contributed by atoms with Gasteiger partial charge >= 0.3 is 0 Å². The van der Waals surface area contributed by atoms with Crippen LogP contribution in [0.1, 0.15) is 15.2 Å². The van der Waals surface area contributed by atoms with E-state index in [9.17, 15) is 18.0 Å². The molecule has 3 nitrogen and oxygen atoms in total. The van der Waals surface area contributed by atoms with Gasteiger partial charge in [0.05, 0.1) is 11.5 Å². The molecular formula is C17H12F3NO2S. The zero-order valence-electron chi connectivity index (χ0n) is 12.5. The van der Waals surface area contributed by atoms with Crippen molar-refractivity contribution in [2.75, 3.05) is 12.4 Å². The Hall–Kier alpha value is -2.38. The van der Waals surface area contributed by atoms with Gasteiger partial charge in [0, 0.05) is 34.5 Å². The molecule has 24 heavy (non-hydrogen) atoms. The maximum Gasteiger partial charge on any atom is 0.266 e. The molecule has 0 atom stereocenters. The van der Waals surface area contributed by atoms with Crippen LogP contribution >= 0.6 is 11.3 Å². The van der Waals surface area contributed by atoms with Crippen LogP contribution in [0.25, 0.3) is 10.1 Å². The maximum absolute atomic E-state index is 14.1. The summed E-state index contributed by atoms with van der Waals surface area (Å²) in [6.45, 7) is 0.0429.